The van der Waals surface area contributed by atoms with Crippen molar-refractivity contribution in [3.63, 3.8) is 0 Å². The molecule has 1 aliphatic carbocycles. The number of rotatable bonds is 5. The number of nitrogens with zero attached hydrogens (tertiary/aromatic N) is 4. The summed E-state index contributed by atoms with van der Waals surface area (Å²) in [6, 6.07) is 17.8. The molecule has 33 heavy (non-hydrogen) atoms. The van der Waals surface area contributed by atoms with E-state index in [2.05, 4.69) is 23.6 Å². The van der Waals surface area contributed by atoms with E-state index in [1.54, 1.807) is 0 Å². The normalized spacial score (nSPS) is 20.5. The smallest absolute Gasteiger partial charge is 0.261 e. The van der Waals surface area contributed by atoms with Crippen molar-refractivity contribution < 1.29 is 4.79 Å². The van der Waals surface area contributed by atoms with E-state index >= 15 is 0 Å². The van der Waals surface area contributed by atoms with Crippen LogP contribution in [0.3, 0.4) is 0 Å². The molecule has 2 heterocycles. The van der Waals surface area contributed by atoms with E-state index in [4.69, 9.17) is 4.98 Å². The maximum absolute atomic E-state index is 13.5. The van der Waals surface area contributed by atoms with Gasteiger partial charge in [-0.3, -0.25) is 19.1 Å². The van der Waals surface area contributed by atoms with E-state index in [1.807, 2.05) is 59.2 Å². The second kappa shape index (κ2) is 9.10. The van der Waals surface area contributed by atoms with Crippen LogP contribution in [0.5, 0.6) is 0 Å². The summed E-state index contributed by atoms with van der Waals surface area (Å²) in [6.07, 6.45) is 3.25. The van der Waals surface area contributed by atoms with E-state index < -0.39 is 0 Å². The monoisotopic (exact) mass is 444 g/mol. The third kappa shape index (κ3) is 4.20. The highest BCUT2D eigenvalue weighted by atomic mass is 16.2. The quantitative estimate of drug-likeness (QED) is 0.600. The number of benzene rings is 2. The van der Waals surface area contributed by atoms with E-state index in [9.17, 15) is 9.59 Å². The number of amides is 1. The molecule has 1 saturated carbocycles. The highest BCUT2D eigenvalue weighted by molar-refractivity contribution is 5.80. The third-order valence-corrected chi connectivity index (χ3v) is 7.39. The zero-order valence-electron chi connectivity index (χ0n) is 19.5. The summed E-state index contributed by atoms with van der Waals surface area (Å²) in [5, 5.41) is 0.647. The highest BCUT2D eigenvalue weighted by Gasteiger charge is 2.36. The molecule has 6 heteroatoms. The minimum atomic E-state index is -0.0329. The number of carbonyl (C=O) groups excluding carboxylic acids is 1. The topological polar surface area (TPSA) is 58.4 Å². The summed E-state index contributed by atoms with van der Waals surface area (Å²) >= 11 is 0. The van der Waals surface area contributed by atoms with Crippen LogP contribution < -0.4 is 5.56 Å². The Bertz CT molecular complexity index is 1200. The summed E-state index contributed by atoms with van der Waals surface area (Å²) in [6.45, 7) is 7.07. The maximum atomic E-state index is 13.5. The minimum absolute atomic E-state index is 0.00171. The van der Waals surface area contributed by atoms with Gasteiger partial charge in [0.25, 0.3) is 5.56 Å². The van der Waals surface area contributed by atoms with Gasteiger partial charge in [0.15, 0.2) is 0 Å². The molecule has 0 spiro atoms. The molecule has 5 rings (SSSR count). The summed E-state index contributed by atoms with van der Waals surface area (Å²) < 4.78 is 1.83. The van der Waals surface area contributed by atoms with Crippen molar-refractivity contribution in [1.82, 2.24) is 19.4 Å². The Labute approximate surface area is 194 Å². The first-order valence-electron chi connectivity index (χ1n) is 12.1. The lowest BCUT2D eigenvalue weighted by Crippen LogP contribution is -2.56. The second-order valence-corrected chi connectivity index (χ2v) is 9.54. The van der Waals surface area contributed by atoms with Crippen molar-refractivity contribution in [2.75, 3.05) is 19.6 Å². The number of piperazine rings is 1. The Morgan fingerprint density at radius 2 is 1.79 bits per heavy atom. The summed E-state index contributed by atoms with van der Waals surface area (Å²) in [5.74, 6) is 1.34. The van der Waals surface area contributed by atoms with Crippen molar-refractivity contribution in [3.8, 4) is 0 Å². The number of carbonyl (C=O) groups is 1. The lowest BCUT2D eigenvalue weighted by Gasteiger charge is -2.44. The Morgan fingerprint density at radius 3 is 2.48 bits per heavy atom. The van der Waals surface area contributed by atoms with E-state index in [0.717, 1.165) is 49.4 Å². The van der Waals surface area contributed by atoms with Gasteiger partial charge in [0.05, 0.1) is 23.5 Å². The molecule has 2 aromatic carbocycles. The fourth-order valence-corrected chi connectivity index (χ4v) is 5.14. The molecule has 2 atom stereocenters. The van der Waals surface area contributed by atoms with Crippen LogP contribution >= 0.6 is 0 Å². The van der Waals surface area contributed by atoms with Crippen LogP contribution in [-0.4, -0.2) is 50.9 Å². The van der Waals surface area contributed by atoms with Crippen molar-refractivity contribution >= 4 is 16.8 Å². The van der Waals surface area contributed by atoms with E-state index in [-0.39, 0.29) is 23.6 Å². The lowest BCUT2D eigenvalue weighted by molar-refractivity contribution is -0.143. The molecule has 1 saturated heterocycles. The molecule has 0 bridgehead atoms. The molecule has 1 aromatic heterocycles. The SMILES string of the molecule is CC(c1nc2ccccc2c(=O)n1Cc1ccccc1)N1CCN(C(=O)C2CCC2)C(C)C1. The number of hydrogen-bond donors (Lipinski definition) is 0. The highest BCUT2D eigenvalue weighted by Crippen LogP contribution is 2.31. The van der Waals surface area contributed by atoms with Crippen molar-refractivity contribution in [2.24, 2.45) is 5.92 Å². The fourth-order valence-electron chi connectivity index (χ4n) is 5.14. The van der Waals surface area contributed by atoms with Gasteiger partial charge in [-0.05, 0) is 44.4 Å². The van der Waals surface area contributed by atoms with Gasteiger partial charge in [-0.1, -0.05) is 48.9 Å². The number of hydrogen-bond acceptors (Lipinski definition) is 4. The van der Waals surface area contributed by atoms with Crippen molar-refractivity contribution in [3.05, 3.63) is 76.3 Å². The molecule has 0 N–H and O–H groups in total. The van der Waals surface area contributed by atoms with E-state index in [1.165, 1.54) is 6.42 Å². The minimum Gasteiger partial charge on any atom is -0.337 e. The number of para-hydroxylation sites is 1. The molecule has 2 aliphatic rings. The first-order chi connectivity index (χ1) is 16.0. The third-order valence-electron chi connectivity index (χ3n) is 7.39. The van der Waals surface area contributed by atoms with Crippen molar-refractivity contribution in [2.45, 2.75) is 51.7 Å². The Balaban J connectivity index is 1.45. The molecular weight excluding hydrogens is 412 g/mol. The zero-order chi connectivity index (χ0) is 22.9. The predicted molar refractivity (Wildman–Crippen MR) is 130 cm³/mol. The largest absolute Gasteiger partial charge is 0.337 e. The molecule has 3 aromatic rings. The summed E-state index contributed by atoms with van der Waals surface area (Å²) in [5.41, 5.74) is 1.81. The van der Waals surface area contributed by atoms with Crippen molar-refractivity contribution in [1.29, 1.82) is 0 Å². The van der Waals surface area contributed by atoms with Crippen LogP contribution in [0.1, 0.15) is 50.5 Å². The fraction of sp³-hybridized carbons (Fsp3) is 0.444. The molecule has 0 radical (unpaired) electrons. The average Bonchev–Trinajstić information content (AvgIpc) is 2.79. The average molecular weight is 445 g/mol. The van der Waals surface area contributed by atoms with Crippen LogP contribution in [0.4, 0.5) is 0 Å². The number of fused-ring (bicyclic) bond motifs is 1. The van der Waals surface area contributed by atoms with Gasteiger partial charge in [-0.2, -0.15) is 0 Å². The van der Waals surface area contributed by atoms with Crippen LogP contribution in [0, 0.1) is 5.92 Å². The van der Waals surface area contributed by atoms with E-state index in [0.29, 0.717) is 17.8 Å². The second-order valence-electron chi connectivity index (χ2n) is 9.54. The van der Waals surface area contributed by atoms with Crippen LogP contribution in [0.15, 0.2) is 59.4 Å². The molecule has 2 fully saturated rings. The zero-order valence-corrected chi connectivity index (χ0v) is 19.5. The first-order valence-corrected chi connectivity index (χ1v) is 12.1. The summed E-state index contributed by atoms with van der Waals surface area (Å²) in [4.78, 5) is 35.8. The van der Waals surface area contributed by atoms with Gasteiger partial charge >= 0.3 is 0 Å². The molecule has 1 amide bonds. The standard InChI is InChI=1S/C27H32N4O2/c1-19-17-29(15-16-30(19)26(32)22-11-8-12-22)20(2)25-28-24-14-7-6-13-23(24)27(33)31(25)18-21-9-4-3-5-10-21/h3-7,9-10,13-14,19-20,22H,8,11-12,15-18H2,1-2H3. The van der Waals surface area contributed by atoms with Gasteiger partial charge in [0.2, 0.25) is 5.91 Å². The van der Waals surface area contributed by atoms with Crippen LogP contribution in [-0.2, 0) is 11.3 Å². The molecule has 1 aliphatic heterocycles. The van der Waals surface area contributed by atoms with Gasteiger partial charge in [0, 0.05) is 31.6 Å². The summed E-state index contributed by atoms with van der Waals surface area (Å²) in [7, 11) is 0. The van der Waals surface area contributed by atoms with Gasteiger partial charge in [0.1, 0.15) is 5.82 Å². The van der Waals surface area contributed by atoms with Gasteiger partial charge in [-0.25, -0.2) is 4.98 Å². The maximum Gasteiger partial charge on any atom is 0.261 e. The Hall–Kier alpha value is -2.99. The van der Waals surface area contributed by atoms with Gasteiger partial charge < -0.3 is 4.90 Å². The molecule has 172 valence electrons. The lowest BCUT2D eigenvalue weighted by atomic mass is 9.84. The Morgan fingerprint density at radius 1 is 1.06 bits per heavy atom. The Kier molecular flexibility index (Phi) is 6.02. The molecule has 2 unspecified atom stereocenters. The van der Waals surface area contributed by atoms with Crippen LogP contribution in [0.25, 0.3) is 10.9 Å². The van der Waals surface area contributed by atoms with Gasteiger partial charge in [-0.15, -0.1) is 0 Å². The molecular formula is C27H32N4O2. The number of aromatic nitrogens is 2. The predicted octanol–water partition coefficient (Wildman–Crippen LogP) is 3.84. The van der Waals surface area contributed by atoms with Crippen LogP contribution in [0.2, 0.25) is 0 Å². The molecule has 6 nitrogen and oxygen atoms in total. The first kappa shape index (κ1) is 21.8.